The number of hydrogen-bond donors (Lipinski definition) is 1. The van der Waals surface area contributed by atoms with Crippen LogP contribution in [0, 0.1) is 17.1 Å². The highest BCUT2D eigenvalue weighted by atomic mass is 32.1. The summed E-state index contributed by atoms with van der Waals surface area (Å²) in [5.74, 6) is -0.898. The fourth-order valence-electron chi connectivity index (χ4n) is 2.75. The first-order chi connectivity index (χ1) is 13.3. The standard InChI is InChI=1S/C18H8F4N4OS/c19-13-3-1-2-9-7-15(28-17(9)13)10-4-11(16-14(8-23)24-26-25-16)6-12(5-10)27-18(20,21)22/h1-7H,(H,24,25,26). The summed E-state index contributed by atoms with van der Waals surface area (Å²) in [6.45, 7) is 0. The number of fused-ring (bicyclic) bond motifs is 1. The van der Waals surface area contributed by atoms with E-state index in [9.17, 15) is 17.6 Å². The number of thiophene rings is 1. The van der Waals surface area contributed by atoms with Crippen molar-refractivity contribution in [2.75, 3.05) is 0 Å². The van der Waals surface area contributed by atoms with E-state index in [2.05, 4.69) is 20.1 Å². The number of H-pyrrole nitrogens is 1. The summed E-state index contributed by atoms with van der Waals surface area (Å²) in [5, 5.41) is 19.4. The van der Waals surface area contributed by atoms with Crippen molar-refractivity contribution in [1.82, 2.24) is 15.4 Å². The highest BCUT2D eigenvalue weighted by Gasteiger charge is 2.31. The van der Waals surface area contributed by atoms with Crippen molar-refractivity contribution in [3.63, 3.8) is 0 Å². The Kier molecular flexibility index (Phi) is 4.24. The summed E-state index contributed by atoms with van der Waals surface area (Å²) in [6.07, 6.45) is -4.90. The number of nitrogens with zero attached hydrogens (tertiary/aromatic N) is 3. The van der Waals surface area contributed by atoms with E-state index < -0.39 is 17.9 Å². The van der Waals surface area contributed by atoms with Crippen molar-refractivity contribution in [2.45, 2.75) is 6.36 Å². The van der Waals surface area contributed by atoms with Gasteiger partial charge in [0.2, 0.25) is 0 Å². The molecule has 0 saturated heterocycles. The number of ether oxygens (including phenoxy) is 1. The maximum Gasteiger partial charge on any atom is 0.573 e. The smallest absolute Gasteiger partial charge is 0.406 e. The maximum atomic E-state index is 14.0. The first-order valence-corrected chi connectivity index (χ1v) is 8.56. The molecule has 0 aliphatic rings. The molecule has 0 amide bonds. The number of nitriles is 1. The van der Waals surface area contributed by atoms with Crippen LogP contribution in [-0.4, -0.2) is 21.8 Å². The van der Waals surface area contributed by atoms with Crippen molar-refractivity contribution in [2.24, 2.45) is 0 Å². The van der Waals surface area contributed by atoms with Crippen molar-refractivity contribution >= 4 is 21.4 Å². The molecule has 4 aromatic rings. The lowest BCUT2D eigenvalue weighted by molar-refractivity contribution is -0.274. The highest BCUT2D eigenvalue weighted by molar-refractivity contribution is 7.22. The minimum absolute atomic E-state index is 0.00232. The fourth-order valence-corrected chi connectivity index (χ4v) is 3.80. The van der Waals surface area contributed by atoms with Crippen molar-refractivity contribution in [3.05, 3.63) is 54.0 Å². The zero-order valence-electron chi connectivity index (χ0n) is 13.7. The molecule has 2 aromatic heterocycles. The Hall–Kier alpha value is -3.45. The van der Waals surface area contributed by atoms with E-state index in [1.807, 2.05) is 6.07 Å². The SMILES string of the molecule is N#Cc1[nH]nnc1-c1cc(OC(F)(F)F)cc(-c2cc3cccc(F)c3s2)c1. The quantitative estimate of drug-likeness (QED) is 0.473. The van der Waals surface area contributed by atoms with Crippen LogP contribution in [0.4, 0.5) is 17.6 Å². The topological polar surface area (TPSA) is 74.6 Å². The van der Waals surface area contributed by atoms with Crippen LogP contribution in [0.2, 0.25) is 0 Å². The van der Waals surface area contributed by atoms with Gasteiger partial charge in [-0.15, -0.1) is 29.6 Å². The average Bonchev–Trinajstić information content (AvgIpc) is 3.27. The largest absolute Gasteiger partial charge is 0.573 e. The van der Waals surface area contributed by atoms with E-state index in [-0.39, 0.29) is 17.0 Å². The Labute approximate surface area is 158 Å². The number of nitrogens with one attached hydrogen (secondary N) is 1. The molecule has 2 aromatic carbocycles. The molecule has 2 heterocycles. The molecule has 1 N–H and O–H groups in total. The zero-order valence-corrected chi connectivity index (χ0v) is 14.5. The molecule has 10 heteroatoms. The van der Waals surface area contributed by atoms with E-state index in [1.165, 1.54) is 12.1 Å². The number of halogens is 4. The molecule has 0 bridgehead atoms. The molecule has 140 valence electrons. The van der Waals surface area contributed by atoms with Gasteiger partial charge >= 0.3 is 6.36 Å². The summed E-state index contributed by atoms with van der Waals surface area (Å²) in [6, 6.07) is 11.9. The van der Waals surface area contributed by atoms with Gasteiger partial charge in [-0.25, -0.2) is 9.49 Å². The lowest BCUT2D eigenvalue weighted by Gasteiger charge is -2.11. The van der Waals surface area contributed by atoms with Gasteiger partial charge in [-0.2, -0.15) is 5.26 Å². The van der Waals surface area contributed by atoms with Crippen molar-refractivity contribution < 1.29 is 22.3 Å². The van der Waals surface area contributed by atoms with Gasteiger partial charge in [0.15, 0.2) is 5.69 Å². The summed E-state index contributed by atoms with van der Waals surface area (Å²) in [4.78, 5) is 0.538. The number of benzene rings is 2. The van der Waals surface area contributed by atoms with Crippen LogP contribution in [0.25, 0.3) is 31.8 Å². The molecule has 0 spiro atoms. The summed E-state index contributed by atoms with van der Waals surface area (Å²) in [7, 11) is 0. The summed E-state index contributed by atoms with van der Waals surface area (Å²) in [5.41, 5.74) is 0.658. The Morgan fingerprint density at radius 2 is 1.89 bits per heavy atom. The molecule has 0 atom stereocenters. The van der Waals surface area contributed by atoms with Crippen LogP contribution in [0.1, 0.15) is 5.69 Å². The minimum Gasteiger partial charge on any atom is -0.406 e. The van der Waals surface area contributed by atoms with Crippen molar-refractivity contribution in [1.29, 1.82) is 5.26 Å². The minimum atomic E-state index is -4.90. The van der Waals surface area contributed by atoms with E-state index >= 15 is 0 Å². The van der Waals surface area contributed by atoms with Gasteiger partial charge in [-0.05, 0) is 41.3 Å². The molecule has 0 unspecified atom stereocenters. The van der Waals surface area contributed by atoms with E-state index in [1.54, 1.807) is 24.3 Å². The number of aromatic nitrogens is 3. The molecular weight excluding hydrogens is 396 g/mol. The van der Waals surface area contributed by atoms with Gasteiger partial charge in [-0.3, -0.25) is 0 Å². The third-order valence-electron chi connectivity index (χ3n) is 3.85. The molecule has 28 heavy (non-hydrogen) atoms. The van der Waals surface area contributed by atoms with Crippen LogP contribution in [0.5, 0.6) is 5.75 Å². The number of alkyl halides is 3. The molecule has 0 radical (unpaired) electrons. The molecule has 4 rings (SSSR count). The fraction of sp³-hybridized carbons (Fsp3) is 0.0556. The van der Waals surface area contributed by atoms with E-state index in [4.69, 9.17) is 5.26 Å². The van der Waals surface area contributed by atoms with Crippen LogP contribution < -0.4 is 4.74 Å². The number of hydrogen-bond acceptors (Lipinski definition) is 5. The summed E-state index contributed by atoms with van der Waals surface area (Å²) >= 11 is 1.10. The van der Waals surface area contributed by atoms with Gasteiger partial charge in [-0.1, -0.05) is 17.3 Å². The maximum absolute atomic E-state index is 14.0. The van der Waals surface area contributed by atoms with Gasteiger partial charge < -0.3 is 4.74 Å². The van der Waals surface area contributed by atoms with Crippen LogP contribution >= 0.6 is 11.3 Å². The predicted molar refractivity (Wildman–Crippen MR) is 94.0 cm³/mol. The first kappa shape index (κ1) is 17.9. The molecule has 5 nitrogen and oxygen atoms in total. The molecule has 0 aliphatic carbocycles. The lowest BCUT2D eigenvalue weighted by Crippen LogP contribution is -2.17. The molecule has 0 aliphatic heterocycles. The Balaban J connectivity index is 1.90. The molecular formula is C18H8F4N4OS. The van der Waals surface area contributed by atoms with Gasteiger partial charge in [0.25, 0.3) is 0 Å². The van der Waals surface area contributed by atoms with Crippen LogP contribution in [0.3, 0.4) is 0 Å². The van der Waals surface area contributed by atoms with Crippen LogP contribution in [-0.2, 0) is 0 Å². The van der Waals surface area contributed by atoms with E-state index in [0.29, 0.717) is 20.5 Å². The third kappa shape index (κ3) is 3.39. The lowest BCUT2D eigenvalue weighted by atomic mass is 10.0. The number of rotatable bonds is 3. The van der Waals surface area contributed by atoms with Gasteiger partial charge in [0.05, 0.1) is 4.70 Å². The average molecular weight is 404 g/mol. The second-order valence-electron chi connectivity index (χ2n) is 5.71. The molecule has 0 saturated carbocycles. The predicted octanol–water partition coefficient (Wildman–Crippen LogP) is 5.26. The second kappa shape index (κ2) is 6.61. The van der Waals surface area contributed by atoms with E-state index in [0.717, 1.165) is 17.4 Å². The second-order valence-corrected chi connectivity index (χ2v) is 6.76. The van der Waals surface area contributed by atoms with Gasteiger partial charge in [0.1, 0.15) is 23.3 Å². The zero-order chi connectivity index (χ0) is 19.9. The Morgan fingerprint density at radius 1 is 1.11 bits per heavy atom. The van der Waals surface area contributed by atoms with Gasteiger partial charge in [0, 0.05) is 10.4 Å². The van der Waals surface area contributed by atoms with Crippen molar-refractivity contribution in [3.8, 4) is 33.5 Å². The molecule has 0 fully saturated rings. The monoisotopic (exact) mass is 404 g/mol. The Bertz CT molecular complexity index is 1220. The first-order valence-electron chi connectivity index (χ1n) is 7.75. The summed E-state index contributed by atoms with van der Waals surface area (Å²) < 4.78 is 56.7. The highest BCUT2D eigenvalue weighted by Crippen LogP contribution is 2.39. The third-order valence-corrected chi connectivity index (χ3v) is 5.06. The van der Waals surface area contributed by atoms with Crippen LogP contribution in [0.15, 0.2) is 42.5 Å². The number of aromatic amines is 1. The normalized spacial score (nSPS) is 11.5. The Morgan fingerprint density at radius 3 is 2.61 bits per heavy atom.